The van der Waals surface area contributed by atoms with Crippen molar-refractivity contribution >= 4 is 17.0 Å². The van der Waals surface area contributed by atoms with Crippen LogP contribution in [0.15, 0.2) is 18.2 Å². The highest BCUT2D eigenvalue weighted by Gasteiger charge is 2.42. The van der Waals surface area contributed by atoms with Crippen molar-refractivity contribution in [3.63, 3.8) is 0 Å². The number of carboxylic acids is 1. The number of fused-ring (bicyclic) bond motifs is 1. The maximum Gasteiger partial charge on any atom is 0.335 e. The molecule has 4 heteroatoms. The molecule has 4 nitrogen and oxygen atoms in total. The summed E-state index contributed by atoms with van der Waals surface area (Å²) in [4.78, 5) is 16.0. The van der Waals surface area contributed by atoms with Crippen molar-refractivity contribution in [2.45, 2.75) is 51.5 Å². The molecule has 0 bridgehead atoms. The van der Waals surface area contributed by atoms with Gasteiger partial charge >= 0.3 is 5.97 Å². The van der Waals surface area contributed by atoms with Crippen molar-refractivity contribution in [1.29, 1.82) is 0 Å². The van der Waals surface area contributed by atoms with E-state index >= 15 is 0 Å². The Morgan fingerprint density at radius 3 is 2.76 bits per heavy atom. The molecule has 2 aliphatic carbocycles. The summed E-state index contributed by atoms with van der Waals surface area (Å²) in [6.07, 6.45) is 6.19. The molecule has 1 aromatic heterocycles. The van der Waals surface area contributed by atoms with Crippen LogP contribution in [-0.2, 0) is 6.54 Å². The lowest BCUT2D eigenvalue weighted by Gasteiger charge is -2.16. The van der Waals surface area contributed by atoms with E-state index in [4.69, 9.17) is 4.98 Å². The van der Waals surface area contributed by atoms with E-state index in [9.17, 15) is 9.90 Å². The monoisotopic (exact) mass is 284 g/mol. The van der Waals surface area contributed by atoms with Gasteiger partial charge < -0.3 is 9.67 Å². The summed E-state index contributed by atoms with van der Waals surface area (Å²) >= 11 is 0. The molecule has 4 rings (SSSR count). The number of aromatic nitrogens is 2. The Hall–Kier alpha value is -1.84. The van der Waals surface area contributed by atoms with Crippen molar-refractivity contribution in [3.8, 4) is 0 Å². The van der Waals surface area contributed by atoms with Crippen LogP contribution in [0.3, 0.4) is 0 Å². The average Bonchev–Trinajstić information content (AvgIpc) is 3.39. The first-order valence-corrected chi connectivity index (χ1v) is 7.85. The van der Waals surface area contributed by atoms with Gasteiger partial charge in [0.05, 0.1) is 16.6 Å². The molecule has 0 unspecified atom stereocenters. The molecule has 0 radical (unpaired) electrons. The predicted octanol–water partition coefficient (Wildman–Crippen LogP) is 3.80. The molecule has 2 fully saturated rings. The zero-order valence-corrected chi connectivity index (χ0v) is 12.3. The zero-order valence-electron chi connectivity index (χ0n) is 12.3. The van der Waals surface area contributed by atoms with Crippen LogP contribution >= 0.6 is 0 Å². The van der Waals surface area contributed by atoms with Gasteiger partial charge in [0.25, 0.3) is 0 Å². The van der Waals surface area contributed by atoms with E-state index in [2.05, 4.69) is 11.5 Å². The lowest BCUT2D eigenvalue weighted by atomic mass is 10.0. The fraction of sp³-hybridized carbons (Fsp3) is 0.529. The highest BCUT2D eigenvalue weighted by atomic mass is 16.4. The maximum absolute atomic E-state index is 11.2. The number of benzene rings is 1. The number of carbonyl (C=O) groups is 1. The number of imidazole rings is 1. The summed E-state index contributed by atoms with van der Waals surface area (Å²) in [6.45, 7) is 3.25. The molecule has 0 spiro atoms. The van der Waals surface area contributed by atoms with Gasteiger partial charge in [-0.05, 0) is 55.7 Å². The number of hydrogen-bond donors (Lipinski definition) is 1. The third-order valence-electron chi connectivity index (χ3n) is 5.17. The van der Waals surface area contributed by atoms with Crippen molar-refractivity contribution in [1.82, 2.24) is 9.55 Å². The van der Waals surface area contributed by atoms with Gasteiger partial charge in [-0.2, -0.15) is 0 Å². The molecule has 2 saturated carbocycles. The quantitative estimate of drug-likeness (QED) is 0.908. The smallest absolute Gasteiger partial charge is 0.335 e. The topological polar surface area (TPSA) is 55.1 Å². The van der Waals surface area contributed by atoms with Crippen LogP contribution in [0.1, 0.15) is 61.1 Å². The number of rotatable bonds is 5. The van der Waals surface area contributed by atoms with Crippen molar-refractivity contribution < 1.29 is 9.90 Å². The molecule has 2 aromatic rings. The molecule has 0 atom stereocenters. The molecule has 1 heterocycles. The summed E-state index contributed by atoms with van der Waals surface area (Å²) in [7, 11) is 0. The van der Waals surface area contributed by atoms with Crippen LogP contribution in [0.25, 0.3) is 11.0 Å². The summed E-state index contributed by atoms with van der Waals surface area (Å²) in [6, 6.07) is 5.31. The Morgan fingerprint density at radius 2 is 2.19 bits per heavy atom. The van der Waals surface area contributed by atoms with Gasteiger partial charge in [-0.3, -0.25) is 0 Å². The van der Waals surface area contributed by atoms with E-state index < -0.39 is 5.97 Å². The highest BCUT2D eigenvalue weighted by molar-refractivity contribution is 5.92. The molecule has 1 N–H and O–H groups in total. The van der Waals surface area contributed by atoms with Gasteiger partial charge in [0.2, 0.25) is 0 Å². The lowest BCUT2D eigenvalue weighted by molar-refractivity contribution is 0.0697. The molecule has 110 valence electrons. The average molecular weight is 284 g/mol. The molecule has 2 aliphatic rings. The van der Waals surface area contributed by atoms with Crippen LogP contribution in [0.5, 0.6) is 0 Å². The number of aromatic carboxylic acids is 1. The van der Waals surface area contributed by atoms with Crippen molar-refractivity contribution in [3.05, 3.63) is 29.6 Å². The van der Waals surface area contributed by atoms with Gasteiger partial charge in [0.1, 0.15) is 5.82 Å². The second-order valence-electron chi connectivity index (χ2n) is 6.69. The zero-order chi connectivity index (χ0) is 14.6. The SMILES string of the molecule is CCC1(Cn2c(C3CC3)nc3ccc(C(=O)O)cc32)CC1. The van der Waals surface area contributed by atoms with E-state index in [1.54, 1.807) is 12.1 Å². The van der Waals surface area contributed by atoms with E-state index in [1.165, 1.54) is 37.9 Å². The summed E-state index contributed by atoms with van der Waals surface area (Å²) < 4.78 is 2.32. The van der Waals surface area contributed by atoms with E-state index in [0.717, 1.165) is 17.6 Å². The minimum absolute atomic E-state index is 0.354. The first kappa shape index (κ1) is 12.9. The van der Waals surface area contributed by atoms with Crippen LogP contribution in [0, 0.1) is 5.41 Å². The normalized spacial score (nSPS) is 19.9. The Labute approximate surface area is 123 Å². The van der Waals surface area contributed by atoms with Gasteiger partial charge in [-0.25, -0.2) is 9.78 Å². The molecule has 1 aromatic carbocycles. The van der Waals surface area contributed by atoms with Crippen molar-refractivity contribution in [2.75, 3.05) is 0 Å². The molecule has 0 aliphatic heterocycles. The largest absolute Gasteiger partial charge is 0.478 e. The van der Waals surface area contributed by atoms with E-state index in [-0.39, 0.29) is 0 Å². The van der Waals surface area contributed by atoms with Gasteiger partial charge in [0, 0.05) is 12.5 Å². The van der Waals surface area contributed by atoms with Crippen LogP contribution < -0.4 is 0 Å². The predicted molar refractivity (Wildman–Crippen MR) is 80.6 cm³/mol. The molecule has 0 amide bonds. The summed E-state index contributed by atoms with van der Waals surface area (Å²) in [5, 5.41) is 9.22. The standard InChI is InChI=1S/C17H20N2O2/c1-2-17(7-8-17)10-19-14-9-12(16(20)21)5-6-13(14)18-15(19)11-3-4-11/h5-6,9,11H,2-4,7-8,10H2,1H3,(H,20,21). The van der Waals surface area contributed by atoms with Gasteiger partial charge in [0.15, 0.2) is 0 Å². The minimum atomic E-state index is -0.866. The summed E-state index contributed by atoms with van der Waals surface area (Å²) in [5.41, 5.74) is 2.72. The molecular weight excluding hydrogens is 264 g/mol. The Morgan fingerprint density at radius 1 is 1.43 bits per heavy atom. The number of hydrogen-bond acceptors (Lipinski definition) is 2. The highest BCUT2D eigenvalue weighted by Crippen LogP contribution is 2.51. The van der Waals surface area contributed by atoms with Crippen molar-refractivity contribution in [2.24, 2.45) is 5.41 Å². The molecular formula is C17H20N2O2. The lowest BCUT2D eigenvalue weighted by Crippen LogP contribution is -2.13. The third-order valence-corrected chi connectivity index (χ3v) is 5.17. The van der Waals surface area contributed by atoms with E-state index in [1.807, 2.05) is 6.07 Å². The third kappa shape index (κ3) is 2.13. The van der Waals surface area contributed by atoms with Crippen LogP contribution in [0.2, 0.25) is 0 Å². The van der Waals surface area contributed by atoms with Crippen LogP contribution in [0.4, 0.5) is 0 Å². The summed E-state index contributed by atoms with van der Waals surface area (Å²) in [5.74, 6) is 0.889. The fourth-order valence-corrected chi connectivity index (χ4v) is 3.23. The number of carboxylic acid groups (broad SMARTS) is 1. The second kappa shape index (κ2) is 4.33. The Kier molecular flexibility index (Phi) is 2.65. The minimum Gasteiger partial charge on any atom is -0.478 e. The Bertz CT molecular complexity index is 724. The first-order valence-electron chi connectivity index (χ1n) is 7.85. The fourth-order valence-electron chi connectivity index (χ4n) is 3.23. The van der Waals surface area contributed by atoms with Gasteiger partial charge in [-0.15, -0.1) is 0 Å². The molecule has 21 heavy (non-hydrogen) atoms. The first-order chi connectivity index (χ1) is 10.1. The maximum atomic E-state index is 11.2. The Balaban J connectivity index is 1.85. The number of nitrogens with zero attached hydrogens (tertiary/aromatic N) is 2. The second-order valence-corrected chi connectivity index (χ2v) is 6.69. The van der Waals surface area contributed by atoms with Crippen LogP contribution in [-0.4, -0.2) is 20.6 Å². The van der Waals surface area contributed by atoms with E-state index in [0.29, 0.717) is 16.9 Å². The molecule has 0 saturated heterocycles. The van der Waals surface area contributed by atoms with Gasteiger partial charge in [-0.1, -0.05) is 6.92 Å².